The summed E-state index contributed by atoms with van der Waals surface area (Å²) in [6.07, 6.45) is 5.99. The largest absolute Gasteiger partial charge is 0.385 e. The number of likely N-dealkylation sites (tertiary alicyclic amines) is 2. The van der Waals surface area contributed by atoms with Gasteiger partial charge < -0.3 is 29.9 Å². The van der Waals surface area contributed by atoms with Crippen LogP contribution >= 0.6 is 0 Å². The number of piperidine rings is 2. The Kier molecular flexibility index (Phi) is 11.8. The lowest BCUT2D eigenvalue weighted by atomic mass is 9.97. The van der Waals surface area contributed by atoms with Gasteiger partial charge in [-0.05, 0) is 58.0 Å². The standard InChI is InChI=1S/C21H43N5O2/c1-4-22-21(23-18-19-6-11-26(12-7-19)15-17-28-3)24-20-8-13-25(14-9-20)10-5-16-27-2/h19-20H,4-18H2,1-3H3,(H2,22,23,24). The molecule has 0 unspecified atom stereocenters. The Labute approximate surface area is 172 Å². The van der Waals surface area contributed by atoms with Crippen molar-refractivity contribution in [3.8, 4) is 0 Å². The summed E-state index contributed by atoms with van der Waals surface area (Å²) in [6, 6.07) is 0.535. The molecule has 2 N–H and O–H groups in total. The van der Waals surface area contributed by atoms with E-state index < -0.39 is 0 Å². The molecule has 7 nitrogen and oxygen atoms in total. The minimum absolute atomic E-state index is 0.535. The van der Waals surface area contributed by atoms with Gasteiger partial charge in [-0.15, -0.1) is 0 Å². The Bertz CT molecular complexity index is 419. The number of nitrogens with one attached hydrogen (secondary N) is 2. The van der Waals surface area contributed by atoms with Gasteiger partial charge >= 0.3 is 0 Å². The van der Waals surface area contributed by atoms with Crippen LogP contribution in [0.1, 0.15) is 39.0 Å². The number of hydrogen-bond donors (Lipinski definition) is 2. The molecule has 0 aliphatic carbocycles. The zero-order valence-corrected chi connectivity index (χ0v) is 18.4. The van der Waals surface area contributed by atoms with Crippen LogP contribution in [0.5, 0.6) is 0 Å². The number of ether oxygens (including phenoxy) is 2. The van der Waals surface area contributed by atoms with Crippen molar-refractivity contribution in [1.29, 1.82) is 0 Å². The Morgan fingerprint density at radius 3 is 2.21 bits per heavy atom. The molecule has 2 fully saturated rings. The number of nitrogens with zero attached hydrogens (tertiary/aromatic N) is 3. The van der Waals surface area contributed by atoms with Crippen molar-refractivity contribution in [3.63, 3.8) is 0 Å². The maximum absolute atomic E-state index is 5.19. The molecule has 2 rings (SSSR count). The summed E-state index contributed by atoms with van der Waals surface area (Å²) < 4.78 is 10.4. The van der Waals surface area contributed by atoms with Crippen LogP contribution in [0.4, 0.5) is 0 Å². The lowest BCUT2D eigenvalue weighted by Crippen LogP contribution is -2.49. The van der Waals surface area contributed by atoms with E-state index in [0.29, 0.717) is 12.0 Å². The second kappa shape index (κ2) is 14.1. The molecule has 0 bridgehead atoms. The molecule has 0 atom stereocenters. The van der Waals surface area contributed by atoms with E-state index in [4.69, 9.17) is 14.5 Å². The summed E-state index contributed by atoms with van der Waals surface area (Å²) in [5.74, 6) is 1.71. The number of guanidine groups is 1. The average molecular weight is 398 g/mol. The Morgan fingerprint density at radius 2 is 1.57 bits per heavy atom. The molecule has 0 radical (unpaired) electrons. The van der Waals surface area contributed by atoms with Crippen molar-refractivity contribution in [3.05, 3.63) is 0 Å². The Hall–Kier alpha value is -0.890. The predicted octanol–water partition coefficient (Wildman–Crippen LogP) is 1.40. The molecule has 7 heteroatoms. The van der Waals surface area contributed by atoms with E-state index in [1.807, 2.05) is 0 Å². The second-order valence-electron chi connectivity index (χ2n) is 8.10. The quantitative estimate of drug-likeness (QED) is 0.312. The number of aliphatic imine (C=N–C) groups is 1. The van der Waals surface area contributed by atoms with Gasteiger partial charge in [-0.1, -0.05) is 0 Å². The van der Waals surface area contributed by atoms with E-state index >= 15 is 0 Å². The molecule has 164 valence electrons. The smallest absolute Gasteiger partial charge is 0.191 e. The van der Waals surface area contributed by atoms with Gasteiger partial charge in [-0.25, -0.2) is 0 Å². The van der Waals surface area contributed by atoms with Crippen LogP contribution in [-0.2, 0) is 9.47 Å². The third-order valence-electron chi connectivity index (χ3n) is 5.92. The molecular weight excluding hydrogens is 354 g/mol. The van der Waals surface area contributed by atoms with E-state index in [-0.39, 0.29) is 0 Å². The van der Waals surface area contributed by atoms with Crippen LogP contribution in [0, 0.1) is 5.92 Å². The fourth-order valence-electron chi connectivity index (χ4n) is 4.08. The van der Waals surface area contributed by atoms with Crippen molar-refractivity contribution in [1.82, 2.24) is 20.4 Å². The second-order valence-corrected chi connectivity index (χ2v) is 8.10. The van der Waals surface area contributed by atoms with Crippen molar-refractivity contribution < 1.29 is 9.47 Å². The third kappa shape index (κ3) is 9.07. The maximum atomic E-state index is 5.19. The lowest BCUT2D eigenvalue weighted by Gasteiger charge is -2.33. The van der Waals surface area contributed by atoms with E-state index in [2.05, 4.69) is 27.4 Å². The van der Waals surface area contributed by atoms with Gasteiger partial charge in [0, 0.05) is 66.1 Å². The molecule has 2 aliphatic heterocycles. The summed E-state index contributed by atoms with van der Waals surface area (Å²) in [7, 11) is 3.56. The van der Waals surface area contributed by atoms with E-state index in [9.17, 15) is 0 Å². The van der Waals surface area contributed by atoms with Gasteiger partial charge in [0.25, 0.3) is 0 Å². The summed E-state index contributed by atoms with van der Waals surface area (Å²) in [6.45, 7) is 12.6. The SMILES string of the molecule is CCNC(=NCC1CCN(CCOC)CC1)NC1CCN(CCCOC)CC1. The summed E-state index contributed by atoms with van der Waals surface area (Å²) in [5, 5.41) is 7.12. The number of rotatable bonds is 11. The first-order valence-corrected chi connectivity index (χ1v) is 11.2. The molecule has 2 heterocycles. The Balaban J connectivity index is 1.68. The third-order valence-corrected chi connectivity index (χ3v) is 5.92. The first-order chi connectivity index (χ1) is 13.7. The van der Waals surface area contributed by atoms with E-state index in [1.165, 1.54) is 51.9 Å². The van der Waals surface area contributed by atoms with Gasteiger partial charge in [-0.2, -0.15) is 0 Å². The molecule has 2 aliphatic rings. The summed E-state index contributed by atoms with van der Waals surface area (Å²) in [4.78, 5) is 9.98. The summed E-state index contributed by atoms with van der Waals surface area (Å²) in [5.41, 5.74) is 0. The molecule has 28 heavy (non-hydrogen) atoms. The molecule has 0 amide bonds. The molecule has 0 aromatic carbocycles. The minimum atomic E-state index is 0.535. The van der Waals surface area contributed by atoms with Crippen LogP contribution in [0.2, 0.25) is 0 Å². The molecular formula is C21H43N5O2. The lowest BCUT2D eigenvalue weighted by molar-refractivity contribution is 0.121. The van der Waals surface area contributed by atoms with E-state index in [1.54, 1.807) is 14.2 Å². The van der Waals surface area contributed by atoms with Crippen molar-refractivity contribution in [2.75, 3.05) is 79.8 Å². The van der Waals surface area contributed by atoms with Gasteiger partial charge in [0.2, 0.25) is 0 Å². The highest BCUT2D eigenvalue weighted by Crippen LogP contribution is 2.17. The van der Waals surface area contributed by atoms with Crippen LogP contribution in [-0.4, -0.2) is 102 Å². The van der Waals surface area contributed by atoms with Gasteiger partial charge in [0.15, 0.2) is 5.96 Å². The van der Waals surface area contributed by atoms with E-state index in [0.717, 1.165) is 51.8 Å². The van der Waals surface area contributed by atoms with Crippen LogP contribution in [0.15, 0.2) is 4.99 Å². The number of methoxy groups -OCH3 is 2. The van der Waals surface area contributed by atoms with Crippen molar-refractivity contribution >= 4 is 5.96 Å². The highest BCUT2D eigenvalue weighted by Gasteiger charge is 2.21. The highest BCUT2D eigenvalue weighted by molar-refractivity contribution is 5.80. The van der Waals surface area contributed by atoms with Crippen LogP contribution in [0.25, 0.3) is 0 Å². The zero-order chi connectivity index (χ0) is 20.0. The minimum Gasteiger partial charge on any atom is -0.385 e. The topological polar surface area (TPSA) is 61.4 Å². The number of hydrogen-bond acceptors (Lipinski definition) is 5. The fraction of sp³-hybridized carbons (Fsp3) is 0.952. The molecule has 0 aromatic rings. The first kappa shape index (κ1) is 23.4. The highest BCUT2D eigenvalue weighted by atomic mass is 16.5. The monoisotopic (exact) mass is 397 g/mol. The zero-order valence-electron chi connectivity index (χ0n) is 18.4. The van der Waals surface area contributed by atoms with Crippen LogP contribution in [0.3, 0.4) is 0 Å². The predicted molar refractivity (Wildman–Crippen MR) is 116 cm³/mol. The Morgan fingerprint density at radius 1 is 0.929 bits per heavy atom. The van der Waals surface area contributed by atoms with Crippen molar-refractivity contribution in [2.24, 2.45) is 10.9 Å². The fourth-order valence-corrected chi connectivity index (χ4v) is 4.08. The van der Waals surface area contributed by atoms with Gasteiger partial charge in [0.05, 0.1) is 6.61 Å². The van der Waals surface area contributed by atoms with Crippen LogP contribution < -0.4 is 10.6 Å². The molecule has 0 aromatic heterocycles. The molecule has 0 saturated carbocycles. The molecule has 2 saturated heterocycles. The van der Waals surface area contributed by atoms with Crippen molar-refractivity contribution in [2.45, 2.75) is 45.1 Å². The molecule has 0 spiro atoms. The maximum Gasteiger partial charge on any atom is 0.191 e. The normalized spacial score (nSPS) is 21.2. The first-order valence-electron chi connectivity index (χ1n) is 11.2. The van der Waals surface area contributed by atoms with Gasteiger partial charge in [-0.3, -0.25) is 4.99 Å². The average Bonchev–Trinajstić information content (AvgIpc) is 2.73. The van der Waals surface area contributed by atoms with Gasteiger partial charge in [0.1, 0.15) is 0 Å². The summed E-state index contributed by atoms with van der Waals surface area (Å²) >= 11 is 0.